The standard InChI is InChI=1S/C21H17F3N2O3S/c1-12-6-13(2)8-16(7-12)25-18(27)11-26-19(28)17(30-20(26)29)10-14-4-3-5-15(9-14)21(22,23)24/h3-10H,11H2,1-2H3,(H,25,27)/b17-10+. The smallest absolute Gasteiger partial charge is 0.325 e. The minimum Gasteiger partial charge on any atom is -0.325 e. The van der Waals surface area contributed by atoms with Crippen molar-refractivity contribution in [3.8, 4) is 0 Å². The molecule has 2 aromatic rings. The van der Waals surface area contributed by atoms with E-state index in [-0.39, 0.29) is 10.5 Å². The first-order valence-electron chi connectivity index (χ1n) is 8.84. The summed E-state index contributed by atoms with van der Waals surface area (Å²) in [6.45, 7) is 3.26. The van der Waals surface area contributed by atoms with Crippen LogP contribution in [0.3, 0.4) is 0 Å². The third kappa shape index (κ3) is 5.10. The summed E-state index contributed by atoms with van der Waals surface area (Å²) in [6, 6.07) is 9.87. The minimum absolute atomic E-state index is 0.0430. The summed E-state index contributed by atoms with van der Waals surface area (Å²) in [4.78, 5) is 37.7. The first-order chi connectivity index (χ1) is 14.0. The van der Waals surface area contributed by atoms with E-state index in [1.54, 1.807) is 12.1 Å². The number of alkyl halides is 3. The molecule has 1 fully saturated rings. The van der Waals surface area contributed by atoms with Crippen LogP contribution in [0.4, 0.5) is 23.7 Å². The number of hydrogen-bond acceptors (Lipinski definition) is 4. The quantitative estimate of drug-likeness (QED) is 0.688. The van der Waals surface area contributed by atoms with Crippen LogP contribution in [-0.4, -0.2) is 28.5 Å². The fourth-order valence-electron chi connectivity index (χ4n) is 2.98. The molecule has 3 rings (SSSR count). The van der Waals surface area contributed by atoms with Crippen LogP contribution in [0, 0.1) is 13.8 Å². The maximum Gasteiger partial charge on any atom is 0.416 e. The van der Waals surface area contributed by atoms with E-state index in [0.29, 0.717) is 17.4 Å². The van der Waals surface area contributed by atoms with E-state index in [2.05, 4.69) is 5.32 Å². The Hall–Kier alpha value is -3.07. The Morgan fingerprint density at radius 1 is 1.10 bits per heavy atom. The molecule has 1 aliphatic heterocycles. The van der Waals surface area contributed by atoms with Crippen molar-refractivity contribution in [2.75, 3.05) is 11.9 Å². The number of hydrogen-bond donors (Lipinski definition) is 1. The molecule has 0 aromatic heterocycles. The highest BCUT2D eigenvalue weighted by atomic mass is 32.2. The van der Waals surface area contributed by atoms with Gasteiger partial charge in [0, 0.05) is 5.69 Å². The third-order valence-electron chi connectivity index (χ3n) is 4.19. The molecule has 0 aliphatic carbocycles. The van der Waals surface area contributed by atoms with Crippen molar-refractivity contribution in [1.82, 2.24) is 4.90 Å². The highest BCUT2D eigenvalue weighted by Crippen LogP contribution is 2.34. The molecule has 0 atom stereocenters. The van der Waals surface area contributed by atoms with Gasteiger partial charge in [0.1, 0.15) is 6.54 Å². The number of amides is 3. The third-order valence-corrected chi connectivity index (χ3v) is 5.10. The number of benzene rings is 2. The molecule has 30 heavy (non-hydrogen) atoms. The molecule has 9 heteroatoms. The maximum atomic E-state index is 12.9. The molecule has 1 aliphatic rings. The fraction of sp³-hybridized carbons (Fsp3) is 0.190. The van der Waals surface area contributed by atoms with E-state index in [1.807, 2.05) is 19.9 Å². The summed E-state index contributed by atoms with van der Waals surface area (Å²) in [5.41, 5.74) is 1.71. The van der Waals surface area contributed by atoms with E-state index in [1.165, 1.54) is 18.2 Å². The summed E-state index contributed by atoms with van der Waals surface area (Å²) in [5.74, 6) is -1.28. The number of carbonyl (C=O) groups is 3. The first kappa shape index (κ1) is 21.6. The summed E-state index contributed by atoms with van der Waals surface area (Å²) in [5, 5.41) is 1.98. The fourth-order valence-corrected chi connectivity index (χ4v) is 3.82. The number of anilines is 1. The van der Waals surface area contributed by atoms with E-state index >= 15 is 0 Å². The molecule has 0 spiro atoms. The van der Waals surface area contributed by atoms with Crippen molar-refractivity contribution in [3.05, 3.63) is 69.6 Å². The number of thioether (sulfide) groups is 1. The van der Waals surface area contributed by atoms with E-state index < -0.39 is 35.3 Å². The molecule has 0 unspecified atom stereocenters. The van der Waals surface area contributed by atoms with Crippen LogP contribution in [0.25, 0.3) is 6.08 Å². The van der Waals surface area contributed by atoms with Crippen LogP contribution in [0.5, 0.6) is 0 Å². The zero-order valence-corrected chi connectivity index (χ0v) is 16.9. The summed E-state index contributed by atoms with van der Waals surface area (Å²) in [7, 11) is 0. The minimum atomic E-state index is -4.52. The van der Waals surface area contributed by atoms with E-state index in [0.717, 1.165) is 28.2 Å². The van der Waals surface area contributed by atoms with Crippen molar-refractivity contribution < 1.29 is 27.6 Å². The van der Waals surface area contributed by atoms with Crippen LogP contribution < -0.4 is 5.32 Å². The van der Waals surface area contributed by atoms with Crippen LogP contribution in [-0.2, 0) is 15.8 Å². The molecular formula is C21H17F3N2O3S. The van der Waals surface area contributed by atoms with Gasteiger partial charge in [-0.1, -0.05) is 18.2 Å². The van der Waals surface area contributed by atoms with Gasteiger partial charge >= 0.3 is 6.18 Å². The molecule has 0 bridgehead atoms. The molecule has 3 amide bonds. The molecule has 1 N–H and O–H groups in total. The van der Waals surface area contributed by atoms with Crippen molar-refractivity contribution in [2.45, 2.75) is 20.0 Å². The van der Waals surface area contributed by atoms with Crippen molar-refractivity contribution >= 4 is 40.6 Å². The van der Waals surface area contributed by atoms with E-state index in [9.17, 15) is 27.6 Å². The molecule has 156 valence electrons. The van der Waals surface area contributed by atoms with Gasteiger partial charge in [-0.3, -0.25) is 19.3 Å². The second kappa shape index (κ2) is 8.35. The normalized spacial score (nSPS) is 15.8. The Balaban J connectivity index is 1.73. The lowest BCUT2D eigenvalue weighted by Gasteiger charge is -2.13. The summed E-state index contributed by atoms with van der Waals surface area (Å²) < 4.78 is 38.6. The van der Waals surface area contributed by atoms with Crippen LogP contribution >= 0.6 is 11.8 Å². The lowest BCUT2D eigenvalue weighted by molar-refractivity contribution is -0.137. The molecule has 1 saturated heterocycles. The highest BCUT2D eigenvalue weighted by Gasteiger charge is 2.36. The number of halogens is 3. The van der Waals surface area contributed by atoms with Crippen molar-refractivity contribution in [3.63, 3.8) is 0 Å². The monoisotopic (exact) mass is 434 g/mol. The number of carbonyl (C=O) groups excluding carboxylic acids is 3. The van der Waals surface area contributed by atoms with Crippen LogP contribution in [0.1, 0.15) is 22.3 Å². The summed E-state index contributed by atoms with van der Waals surface area (Å²) >= 11 is 0.580. The highest BCUT2D eigenvalue weighted by molar-refractivity contribution is 8.18. The number of nitrogens with zero attached hydrogens (tertiary/aromatic N) is 1. The van der Waals surface area contributed by atoms with Crippen LogP contribution in [0.15, 0.2) is 47.4 Å². The number of nitrogens with one attached hydrogen (secondary N) is 1. The average Bonchev–Trinajstić information content (AvgIpc) is 2.88. The Labute approximate surface area is 174 Å². The van der Waals surface area contributed by atoms with Crippen molar-refractivity contribution in [1.29, 1.82) is 0 Å². The SMILES string of the molecule is Cc1cc(C)cc(NC(=O)CN2C(=O)S/C(=C/c3cccc(C(F)(F)F)c3)C2=O)c1. The van der Waals surface area contributed by atoms with Crippen molar-refractivity contribution in [2.24, 2.45) is 0 Å². The Morgan fingerprint density at radius 3 is 2.40 bits per heavy atom. The Kier molecular flexibility index (Phi) is 6.02. The maximum absolute atomic E-state index is 12.9. The largest absolute Gasteiger partial charge is 0.416 e. The zero-order valence-electron chi connectivity index (χ0n) is 16.0. The first-order valence-corrected chi connectivity index (χ1v) is 9.65. The van der Waals surface area contributed by atoms with Gasteiger partial charge in [0.05, 0.1) is 10.5 Å². The molecule has 2 aromatic carbocycles. The number of aryl methyl sites for hydroxylation is 2. The molecule has 0 saturated carbocycles. The predicted molar refractivity (Wildman–Crippen MR) is 109 cm³/mol. The van der Waals surface area contributed by atoms with Gasteiger partial charge < -0.3 is 5.32 Å². The van der Waals surface area contributed by atoms with Gasteiger partial charge in [-0.05, 0) is 72.6 Å². The molecular weight excluding hydrogens is 417 g/mol. The van der Waals surface area contributed by atoms with Crippen LogP contribution in [0.2, 0.25) is 0 Å². The molecule has 1 heterocycles. The Bertz CT molecular complexity index is 1040. The topological polar surface area (TPSA) is 66.5 Å². The second-order valence-corrected chi connectivity index (χ2v) is 7.81. The van der Waals surface area contributed by atoms with Gasteiger partial charge in [-0.25, -0.2) is 0 Å². The average molecular weight is 434 g/mol. The van der Waals surface area contributed by atoms with Gasteiger partial charge in [-0.15, -0.1) is 0 Å². The zero-order chi connectivity index (χ0) is 22.1. The molecule has 5 nitrogen and oxygen atoms in total. The predicted octanol–water partition coefficient (Wildman–Crippen LogP) is 5.00. The Morgan fingerprint density at radius 2 is 1.77 bits per heavy atom. The van der Waals surface area contributed by atoms with Gasteiger partial charge in [-0.2, -0.15) is 13.2 Å². The van der Waals surface area contributed by atoms with Gasteiger partial charge in [0.25, 0.3) is 11.1 Å². The van der Waals surface area contributed by atoms with Gasteiger partial charge in [0.15, 0.2) is 0 Å². The van der Waals surface area contributed by atoms with Gasteiger partial charge in [0.2, 0.25) is 5.91 Å². The number of rotatable bonds is 4. The lowest BCUT2D eigenvalue weighted by atomic mass is 10.1. The van der Waals surface area contributed by atoms with E-state index in [4.69, 9.17) is 0 Å². The lowest BCUT2D eigenvalue weighted by Crippen LogP contribution is -2.36. The molecule has 0 radical (unpaired) electrons. The second-order valence-electron chi connectivity index (χ2n) is 6.82. The number of imide groups is 1. The summed E-state index contributed by atoms with van der Waals surface area (Å²) in [6.07, 6.45) is -3.31.